The van der Waals surface area contributed by atoms with Gasteiger partial charge < -0.3 is 20.1 Å². The van der Waals surface area contributed by atoms with E-state index in [9.17, 15) is 9.90 Å². The number of nitrogens with zero attached hydrogens (tertiary/aromatic N) is 2. The molecule has 0 spiro atoms. The highest BCUT2D eigenvalue weighted by molar-refractivity contribution is 5.89. The van der Waals surface area contributed by atoms with Crippen LogP contribution >= 0.6 is 0 Å². The van der Waals surface area contributed by atoms with Crippen molar-refractivity contribution in [1.29, 1.82) is 0 Å². The van der Waals surface area contributed by atoms with Crippen molar-refractivity contribution in [3.05, 3.63) is 17.5 Å². The number of fused-ring (bicyclic) bond motifs is 1. The smallest absolute Gasteiger partial charge is 0.354 e. The van der Waals surface area contributed by atoms with Gasteiger partial charge in [0.05, 0.1) is 30.3 Å². The first kappa shape index (κ1) is 12.2. The predicted octanol–water partition coefficient (Wildman–Crippen LogP) is 0.975. The highest BCUT2D eigenvalue weighted by atomic mass is 16.5. The van der Waals surface area contributed by atoms with Gasteiger partial charge in [0.2, 0.25) is 0 Å². The third kappa shape index (κ3) is 2.35. The Hall–Kier alpha value is -1.82. The summed E-state index contributed by atoms with van der Waals surface area (Å²) in [6.07, 6.45) is 1.83. The van der Waals surface area contributed by atoms with E-state index in [0.29, 0.717) is 13.2 Å². The monoisotopic (exact) mass is 263 g/mol. The minimum atomic E-state index is -0.970. The van der Waals surface area contributed by atoms with E-state index >= 15 is 0 Å². The third-order valence-electron chi connectivity index (χ3n) is 3.54. The zero-order valence-corrected chi connectivity index (χ0v) is 10.7. The molecule has 1 saturated heterocycles. The van der Waals surface area contributed by atoms with Gasteiger partial charge in [0, 0.05) is 19.6 Å². The molecule has 1 fully saturated rings. The molecule has 0 amide bonds. The van der Waals surface area contributed by atoms with E-state index in [1.54, 1.807) is 6.07 Å². The van der Waals surface area contributed by atoms with E-state index in [2.05, 4.69) is 15.2 Å². The predicted molar refractivity (Wildman–Crippen MR) is 71.0 cm³/mol. The normalized spacial score (nSPS) is 18.6. The minimum absolute atomic E-state index is 0.129. The van der Waals surface area contributed by atoms with Gasteiger partial charge in [-0.25, -0.2) is 9.78 Å². The van der Waals surface area contributed by atoms with Gasteiger partial charge in [-0.1, -0.05) is 0 Å². The Morgan fingerprint density at radius 3 is 2.95 bits per heavy atom. The maximum atomic E-state index is 11.2. The van der Waals surface area contributed by atoms with E-state index in [-0.39, 0.29) is 5.69 Å². The first-order chi connectivity index (χ1) is 9.25. The minimum Gasteiger partial charge on any atom is -0.477 e. The van der Waals surface area contributed by atoms with E-state index in [1.165, 1.54) is 0 Å². The number of aromatic nitrogens is 1. The van der Waals surface area contributed by atoms with Gasteiger partial charge in [0.1, 0.15) is 0 Å². The van der Waals surface area contributed by atoms with Crippen LogP contribution in [0, 0.1) is 0 Å². The molecule has 0 aromatic carbocycles. The number of pyridine rings is 1. The molecule has 19 heavy (non-hydrogen) atoms. The summed E-state index contributed by atoms with van der Waals surface area (Å²) in [6.45, 7) is 3.85. The molecule has 0 aliphatic carbocycles. The number of nitrogens with one attached hydrogen (secondary N) is 1. The zero-order chi connectivity index (χ0) is 13.2. The van der Waals surface area contributed by atoms with Crippen molar-refractivity contribution in [2.24, 2.45) is 0 Å². The van der Waals surface area contributed by atoms with Crippen molar-refractivity contribution >= 4 is 17.3 Å². The fourth-order valence-corrected chi connectivity index (χ4v) is 2.59. The molecule has 0 radical (unpaired) electrons. The molecule has 0 saturated carbocycles. The summed E-state index contributed by atoms with van der Waals surface area (Å²) in [5.74, 6) is -0.970. The SMILES string of the molecule is O=C(O)c1cc(N2CCOCC2)c2c(n1)CCCN2. The third-order valence-corrected chi connectivity index (χ3v) is 3.54. The van der Waals surface area contributed by atoms with Crippen molar-refractivity contribution in [3.63, 3.8) is 0 Å². The molecule has 6 nitrogen and oxygen atoms in total. The van der Waals surface area contributed by atoms with Crippen LogP contribution in [-0.2, 0) is 11.2 Å². The molecule has 2 aliphatic rings. The van der Waals surface area contributed by atoms with Crippen LogP contribution in [0.25, 0.3) is 0 Å². The number of carboxylic acids is 1. The van der Waals surface area contributed by atoms with Crippen molar-refractivity contribution in [2.45, 2.75) is 12.8 Å². The average molecular weight is 263 g/mol. The number of hydrogen-bond acceptors (Lipinski definition) is 5. The number of rotatable bonds is 2. The Labute approximate surface area is 111 Å². The Morgan fingerprint density at radius 1 is 1.42 bits per heavy atom. The van der Waals surface area contributed by atoms with Gasteiger partial charge in [0.25, 0.3) is 0 Å². The second-order valence-corrected chi connectivity index (χ2v) is 4.78. The number of anilines is 2. The highest BCUT2D eigenvalue weighted by Gasteiger charge is 2.23. The first-order valence-electron chi connectivity index (χ1n) is 6.59. The second kappa shape index (κ2) is 5.05. The van der Waals surface area contributed by atoms with Crippen molar-refractivity contribution in [3.8, 4) is 0 Å². The van der Waals surface area contributed by atoms with Crippen LogP contribution in [0.1, 0.15) is 22.6 Å². The summed E-state index contributed by atoms with van der Waals surface area (Å²) in [5, 5.41) is 12.5. The zero-order valence-electron chi connectivity index (χ0n) is 10.7. The average Bonchev–Trinajstić information content (AvgIpc) is 2.47. The van der Waals surface area contributed by atoms with Gasteiger partial charge in [-0.2, -0.15) is 0 Å². The summed E-state index contributed by atoms with van der Waals surface area (Å²) < 4.78 is 5.35. The number of morpholine rings is 1. The quantitative estimate of drug-likeness (QED) is 0.828. The Kier molecular flexibility index (Phi) is 3.25. The van der Waals surface area contributed by atoms with Crippen LogP contribution in [0.2, 0.25) is 0 Å². The van der Waals surface area contributed by atoms with Crippen LogP contribution in [0.4, 0.5) is 11.4 Å². The molecule has 0 unspecified atom stereocenters. The first-order valence-corrected chi connectivity index (χ1v) is 6.59. The number of aryl methyl sites for hydroxylation is 1. The van der Waals surface area contributed by atoms with Gasteiger partial charge in [-0.3, -0.25) is 0 Å². The Bertz CT molecular complexity index is 498. The summed E-state index contributed by atoms with van der Waals surface area (Å²) in [5.41, 5.74) is 2.94. The van der Waals surface area contributed by atoms with Crippen LogP contribution in [0.15, 0.2) is 6.07 Å². The summed E-state index contributed by atoms with van der Waals surface area (Å²) in [4.78, 5) is 17.6. The fourth-order valence-electron chi connectivity index (χ4n) is 2.59. The number of hydrogen-bond donors (Lipinski definition) is 2. The molecule has 2 N–H and O–H groups in total. The van der Waals surface area contributed by atoms with Gasteiger partial charge in [0.15, 0.2) is 5.69 Å². The summed E-state index contributed by atoms with van der Waals surface area (Å²) in [6, 6.07) is 1.67. The van der Waals surface area contributed by atoms with Gasteiger partial charge in [-0.05, 0) is 18.9 Å². The lowest BCUT2D eigenvalue weighted by Gasteiger charge is -2.32. The lowest BCUT2D eigenvalue weighted by molar-refractivity contribution is 0.0690. The molecule has 1 aromatic heterocycles. The van der Waals surface area contributed by atoms with Crippen LogP contribution < -0.4 is 10.2 Å². The molecule has 2 aliphatic heterocycles. The molecular formula is C13H17N3O3. The number of ether oxygens (including phenoxy) is 1. The topological polar surface area (TPSA) is 74.7 Å². The molecule has 3 heterocycles. The number of carboxylic acid groups (broad SMARTS) is 1. The molecule has 3 rings (SSSR count). The highest BCUT2D eigenvalue weighted by Crippen LogP contribution is 2.33. The largest absolute Gasteiger partial charge is 0.477 e. The molecular weight excluding hydrogens is 246 g/mol. The number of aromatic carboxylic acids is 1. The standard InChI is InChI=1S/C13H17N3O3/c17-13(18)10-8-11(16-4-6-19-7-5-16)12-9(15-10)2-1-3-14-12/h8,14H,1-7H2,(H,17,18). The molecule has 0 bridgehead atoms. The number of carbonyl (C=O) groups is 1. The van der Waals surface area contributed by atoms with Gasteiger partial charge in [-0.15, -0.1) is 0 Å². The van der Waals surface area contributed by atoms with Crippen molar-refractivity contribution in [1.82, 2.24) is 4.98 Å². The fraction of sp³-hybridized carbons (Fsp3) is 0.538. The molecule has 0 atom stereocenters. The molecule has 102 valence electrons. The summed E-state index contributed by atoms with van der Waals surface area (Å²) in [7, 11) is 0. The van der Waals surface area contributed by atoms with Crippen LogP contribution in [0.5, 0.6) is 0 Å². The maximum absolute atomic E-state index is 11.2. The lowest BCUT2D eigenvalue weighted by Crippen LogP contribution is -2.37. The van der Waals surface area contributed by atoms with Gasteiger partial charge >= 0.3 is 5.97 Å². The van der Waals surface area contributed by atoms with Crippen molar-refractivity contribution < 1.29 is 14.6 Å². The Balaban J connectivity index is 2.04. The maximum Gasteiger partial charge on any atom is 0.354 e. The second-order valence-electron chi connectivity index (χ2n) is 4.78. The molecule has 1 aromatic rings. The van der Waals surface area contributed by atoms with E-state index in [4.69, 9.17) is 4.74 Å². The van der Waals surface area contributed by atoms with E-state index in [0.717, 1.165) is 49.5 Å². The van der Waals surface area contributed by atoms with E-state index in [1.807, 2.05) is 0 Å². The Morgan fingerprint density at radius 2 is 2.21 bits per heavy atom. The molecule has 6 heteroatoms. The van der Waals surface area contributed by atoms with Crippen LogP contribution in [0.3, 0.4) is 0 Å². The van der Waals surface area contributed by atoms with E-state index < -0.39 is 5.97 Å². The lowest BCUT2D eigenvalue weighted by atomic mass is 10.1. The summed E-state index contributed by atoms with van der Waals surface area (Å²) >= 11 is 0. The van der Waals surface area contributed by atoms with Crippen molar-refractivity contribution in [2.75, 3.05) is 43.1 Å². The van der Waals surface area contributed by atoms with Crippen LogP contribution in [-0.4, -0.2) is 48.9 Å².